The minimum atomic E-state index is -0.733. The Balaban J connectivity index is 2.50. The van der Waals surface area contributed by atoms with E-state index in [0.29, 0.717) is 6.42 Å². The van der Waals surface area contributed by atoms with Crippen LogP contribution >= 0.6 is 0 Å². The van der Waals surface area contributed by atoms with Gasteiger partial charge in [-0.3, -0.25) is 0 Å². The normalized spacial score (nSPS) is 10.8. The van der Waals surface area contributed by atoms with Gasteiger partial charge in [-0.05, 0) is 19.4 Å². The number of ether oxygens (including phenoxy) is 2. The van der Waals surface area contributed by atoms with E-state index in [1.165, 1.54) is 12.3 Å². The van der Waals surface area contributed by atoms with Crippen LogP contribution in [0.15, 0.2) is 18.3 Å². The van der Waals surface area contributed by atoms with E-state index in [0.717, 1.165) is 10.6 Å². The Morgan fingerprint density at radius 2 is 2.10 bits per heavy atom. The Kier molecular flexibility index (Phi) is 4.22. The van der Waals surface area contributed by atoms with Gasteiger partial charge >= 0.3 is 6.09 Å². The largest absolute Gasteiger partial charge is 0.491 e. The van der Waals surface area contributed by atoms with Gasteiger partial charge in [-0.15, -0.1) is 0 Å². The summed E-state index contributed by atoms with van der Waals surface area (Å²) in [5.74, 6) is -1.59. The van der Waals surface area contributed by atoms with Gasteiger partial charge in [0.05, 0.1) is 18.7 Å². The van der Waals surface area contributed by atoms with E-state index in [4.69, 9.17) is 9.47 Å². The standard InChI is InChI=1S/C14H15F2NO3/c1-3-7-20-14(18)17-6-5-9-12(16)11(19-4-2)8-10(15)13(9)17/h5-6,8H,3-4,7H2,1-2H3. The molecular weight excluding hydrogens is 268 g/mol. The number of benzene rings is 1. The Morgan fingerprint density at radius 1 is 1.35 bits per heavy atom. The minimum Gasteiger partial charge on any atom is -0.491 e. The second-order valence-electron chi connectivity index (χ2n) is 4.17. The molecule has 0 amide bonds. The molecule has 0 atom stereocenters. The monoisotopic (exact) mass is 283 g/mol. The average Bonchev–Trinajstić information content (AvgIpc) is 2.87. The van der Waals surface area contributed by atoms with Crippen molar-refractivity contribution in [2.45, 2.75) is 20.3 Å². The topological polar surface area (TPSA) is 40.5 Å². The van der Waals surface area contributed by atoms with Gasteiger partial charge in [0.1, 0.15) is 0 Å². The molecule has 2 rings (SSSR count). The maximum absolute atomic E-state index is 14.1. The van der Waals surface area contributed by atoms with Crippen LogP contribution in [0, 0.1) is 11.6 Å². The third-order valence-electron chi connectivity index (χ3n) is 2.75. The molecule has 1 aromatic carbocycles. The average molecular weight is 283 g/mol. The molecule has 0 aliphatic rings. The zero-order chi connectivity index (χ0) is 14.7. The molecule has 0 bridgehead atoms. The summed E-state index contributed by atoms with van der Waals surface area (Å²) in [6.45, 7) is 3.96. The Labute approximate surface area is 114 Å². The van der Waals surface area contributed by atoms with Crippen LogP contribution in [0.1, 0.15) is 20.3 Å². The van der Waals surface area contributed by atoms with E-state index >= 15 is 0 Å². The number of hydrogen-bond donors (Lipinski definition) is 0. The number of carbonyl (C=O) groups excluding carboxylic acids is 1. The highest BCUT2D eigenvalue weighted by Crippen LogP contribution is 2.30. The molecule has 2 aromatic rings. The van der Waals surface area contributed by atoms with Crippen molar-refractivity contribution in [1.29, 1.82) is 0 Å². The highest BCUT2D eigenvalue weighted by Gasteiger charge is 2.20. The molecule has 1 aromatic heterocycles. The highest BCUT2D eigenvalue weighted by molar-refractivity contribution is 5.91. The summed E-state index contributed by atoms with van der Waals surface area (Å²) in [7, 11) is 0. The van der Waals surface area contributed by atoms with E-state index in [1.54, 1.807) is 6.92 Å². The van der Waals surface area contributed by atoms with Gasteiger partial charge in [-0.2, -0.15) is 0 Å². The number of halogens is 2. The van der Waals surface area contributed by atoms with Crippen LogP contribution in [-0.4, -0.2) is 23.9 Å². The van der Waals surface area contributed by atoms with Crippen molar-refractivity contribution in [1.82, 2.24) is 4.57 Å². The summed E-state index contributed by atoms with van der Waals surface area (Å²) < 4.78 is 39.1. The number of aromatic nitrogens is 1. The van der Waals surface area contributed by atoms with E-state index < -0.39 is 17.7 Å². The van der Waals surface area contributed by atoms with Crippen LogP contribution in [0.2, 0.25) is 0 Å². The molecule has 0 aliphatic heterocycles. The van der Waals surface area contributed by atoms with Crippen molar-refractivity contribution < 1.29 is 23.0 Å². The summed E-state index contributed by atoms with van der Waals surface area (Å²) in [4.78, 5) is 11.8. The number of nitrogens with zero attached hydrogens (tertiary/aromatic N) is 1. The predicted octanol–water partition coefficient (Wildman–Crippen LogP) is 3.71. The molecular formula is C14H15F2NO3. The zero-order valence-electron chi connectivity index (χ0n) is 11.3. The molecule has 0 spiro atoms. The van der Waals surface area contributed by atoms with Crippen LogP contribution in [-0.2, 0) is 4.74 Å². The van der Waals surface area contributed by atoms with Gasteiger partial charge in [0.2, 0.25) is 0 Å². The lowest BCUT2D eigenvalue weighted by Crippen LogP contribution is -2.13. The molecule has 0 N–H and O–H groups in total. The molecule has 4 nitrogen and oxygen atoms in total. The molecule has 0 unspecified atom stereocenters. The molecule has 0 fully saturated rings. The summed E-state index contributed by atoms with van der Waals surface area (Å²) in [5, 5.41) is -0.0121. The summed E-state index contributed by atoms with van der Waals surface area (Å²) >= 11 is 0. The number of fused-ring (bicyclic) bond motifs is 1. The molecule has 6 heteroatoms. The molecule has 0 saturated carbocycles. The van der Waals surface area contributed by atoms with Crippen molar-refractivity contribution >= 4 is 17.0 Å². The van der Waals surface area contributed by atoms with Crippen molar-refractivity contribution in [3.05, 3.63) is 30.0 Å². The van der Waals surface area contributed by atoms with Crippen LogP contribution in [0.3, 0.4) is 0 Å². The van der Waals surface area contributed by atoms with Crippen molar-refractivity contribution in [2.24, 2.45) is 0 Å². The Hall–Kier alpha value is -2.11. The molecule has 20 heavy (non-hydrogen) atoms. The van der Waals surface area contributed by atoms with E-state index in [1.807, 2.05) is 6.92 Å². The quantitative estimate of drug-likeness (QED) is 0.858. The summed E-state index contributed by atoms with van der Waals surface area (Å²) in [5.41, 5.74) is -0.146. The summed E-state index contributed by atoms with van der Waals surface area (Å²) in [6.07, 6.45) is 1.20. The highest BCUT2D eigenvalue weighted by atomic mass is 19.1. The fourth-order valence-corrected chi connectivity index (χ4v) is 1.90. The summed E-state index contributed by atoms with van der Waals surface area (Å²) in [6, 6.07) is 2.26. The van der Waals surface area contributed by atoms with Gasteiger partial charge in [0.25, 0.3) is 0 Å². The first-order valence-corrected chi connectivity index (χ1v) is 6.39. The molecule has 0 radical (unpaired) electrons. The first-order chi connectivity index (χ1) is 9.60. The predicted molar refractivity (Wildman–Crippen MR) is 70.1 cm³/mol. The number of hydrogen-bond acceptors (Lipinski definition) is 3. The lowest BCUT2D eigenvalue weighted by atomic mass is 10.2. The molecule has 0 aliphatic carbocycles. The third-order valence-corrected chi connectivity index (χ3v) is 2.75. The third kappa shape index (κ3) is 2.45. The maximum Gasteiger partial charge on any atom is 0.418 e. The van der Waals surface area contributed by atoms with Gasteiger partial charge in [0, 0.05) is 17.6 Å². The Morgan fingerprint density at radius 3 is 2.75 bits per heavy atom. The van der Waals surface area contributed by atoms with Gasteiger partial charge in [0.15, 0.2) is 17.4 Å². The lowest BCUT2D eigenvalue weighted by Gasteiger charge is -2.09. The fourth-order valence-electron chi connectivity index (χ4n) is 1.90. The smallest absolute Gasteiger partial charge is 0.418 e. The van der Waals surface area contributed by atoms with Crippen molar-refractivity contribution in [2.75, 3.05) is 13.2 Å². The fraction of sp³-hybridized carbons (Fsp3) is 0.357. The van der Waals surface area contributed by atoms with Crippen molar-refractivity contribution in [3.8, 4) is 5.75 Å². The maximum atomic E-state index is 14.1. The first kappa shape index (κ1) is 14.3. The molecule has 1 heterocycles. The van der Waals surface area contributed by atoms with Gasteiger partial charge in [-0.1, -0.05) is 6.92 Å². The first-order valence-electron chi connectivity index (χ1n) is 6.39. The van der Waals surface area contributed by atoms with Gasteiger partial charge in [-0.25, -0.2) is 18.1 Å². The lowest BCUT2D eigenvalue weighted by molar-refractivity contribution is 0.149. The second-order valence-corrected chi connectivity index (χ2v) is 4.17. The zero-order valence-corrected chi connectivity index (χ0v) is 11.3. The van der Waals surface area contributed by atoms with Crippen LogP contribution in [0.5, 0.6) is 5.75 Å². The van der Waals surface area contributed by atoms with E-state index in [9.17, 15) is 13.6 Å². The van der Waals surface area contributed by atoms with Crippen molar-refractivity contribution in [3.63, 3.8) is 0 Å². The molecule has 108 valence electrons. The van der Waals surface area contributed by atoms with E-state index in [2.05, 4.69) is 0 Å². The Bertz CT molecular complexity index is 637. The molecule has 0 saturated heterocycles. The minimum absolute atomic E-state index is 0.0121. The SMILES string of the molecule is CCCOC(=O)n1ccc2c(F)c(OCC)cc(F)c21. The van der Waals surface area contributed by atoms with Crippen LogP contribution in [0.4, 0.5) is 13.6 Å². The van der Waals surface area contributed by atoms with Gasteiger partial charge < -0.3 is 9.47 Å². The van der Waals surface area contributed by atoms with Crippen LogP contribution in [0.25, 0.3) is 10.9 Å². The van der Waals surface area contributed by atoms with E-state index in [-0.39, 0.29) is 29.9 Å². The number of carbonyl (C=O) groups is 1. The number of rotatable bonds is 4. The second kappa shape index (κ2) is 5.90. The van der Waals surface area contributed by atoms with Crippen LogP contribution < -0.4 is 4.74 Å².